The molecule has 0 amide bonds. The molecule has 7 heteroatoms. The molecule has 0 aliphatic heterocycles. The van der Waals surface area contributed by atoms with E-state index >= 15 is 0 Å². The smallest absolute Gasteiger partial charge is 0.231 e. The Morgan fingerprint density at radius 3 is 2.20 bits per heavy atom. The number of rotatable bonds is 5. The maximum Gasteiger partial charge on any atom is 0.231 e. The lowest BCUT2D eigenvalue weighted by Gasteiger charge is -2.20. The second-order valence-electron chi connectivity index (χ2n) is 2.88. The van der Waals surface area contributed by atoms with E-state index in [4.69, 9.17) is 28.3 Å². The predicted molar refractivity (Wildman–Crippen MR) is 59.4 cm³/mol. The van der Waals surface area contributed by atoms with Gasteiger partial charge in [0.1, 0.15) is 0 Å². The van der Waals surface area contributed by atoms with Crippen LogP contribution in [0.2, 0.25) is 10.6 Å². The van der Waals surface area contributed by atoms with E-state index in [1.807, 2.05) is 6.92 Å². The number of anilines is 1. The van der Waals surface area contributed by atoms with Gasteiger partial charge in [0.05, 0.1) is 6.61 Å². The molecular weight excluding hydrogens is 239 g/mol. The lowest BCUT2D eigenvalue weighted by Crippen LogP contribution is -2.29. The Balaban J connectivity index is 2.88. The van der Waals surface area contributed by atoms with E-state index in [1.165, 1.54) is 0 Å². The van der Waals surface area contributed by atoms with Gasteiger partial charge in [-0.3, -0.25) is 0 Å². The monoisotopic (exact) mass is 250 g/mol. The molecule has 1 rings (SSSR count). The lowest BCUT2D eigenvalue weighted by atomic mass is 10.4. The molecule has 0 spiro atoms. The summed E-state index contributed by atoms with van der Waals surface area (Å²) in [5, 5.41) is 9.00. The Bertz CT molecular complexity index is 297. The maximum absolute atomic E-state index is 8.88. The van der Waals surface area contributed by atoms with Crippen molar-refractivity contribution in [2.45, 2.75) is 13.3 Å². The minimum Gasteiger partial charge on any atom is -0.395 e. The summed E-state index contributed by atoms with van der Waals surface area (Å²) in [6.07, 6.45) is 0.918. The summed E-state index contributed by atoms with van der Waals surface area (Å²) in [6, 6.07) is 0. The minimum atomic E-state index is 0.0287. The Morgan fingerprint density at radius 2 is 1.73 bits per heavy atom. The van der Waals surface area contributed by atoms with Crippen LogP contribution in [0.4, 0.5) is 5.95 Å². The number of hydrogen-bond acceptors (Lipinski definition) is 5. The molecule has 15 heavy (non-hydrogen) atoms. The van der Waals surface area contributed by atoms with Crippen molar-refractivity contribution in [1.82, 2.24) is 15.0 Å². The van der Waals surface area contributed by atoms with Gasteiger partial charge in [-0.25, -0.2) is 0 Å². The van der Waals surface area contributed by atoms with E-state index in [0.29, 0.717) is 12.5 Å². The largest absolute Gasteiger partial charge is 0.395 e. The summed E-state index contributed by atoms with van der Waals surface area (Å²) in [5.41, 5.74) is 0. The first kappa shape index (κ1) is 12.4. The number of aromatic nitrogens is 3. The van der Waals surface area contributed by atoms with Crippen LogP contribution in [-0.2, 0) is 0 Å². The molecular formula is C8H12Cl2N4O. The molecule has 0 aromatic carbocycles. The number of aliphatic hydroxyl groups is 1. The lowest BCUT2D eigenvalue weighted by molar-refractivity contribution is 0.301. The summed E-state index contributed by atoms with van der Waals surface area (Å²) < 4.78 is 0. The molecule has 0 aliphatic carbocycles. The number of aliphatic hydroxyl groups excluding tert-OH is 1. The fourth-order valence-corrected chi connectivity index (χ4v) is 1.51. The second kappa shape index (κ2) is 6.05. The van der Waals surface area contributed by atoms with Gasteiger partial charge in [-0.05, 0) is 29.6 Å². The molecule has 1 aromatic rings. The Labute approximate surface area is 98.1 Å². The molecule has 0 saturated carbocycles. The molecule has 1 aromatic heterocycles. The third kappa shape index (κ3) is 3.77. The highest BCUT2D eigenvalue weighted by molar-refractivity contribution is 6.31. The third-order valence-corrected chi connectivity index (χ3v) is 2.05. The van der Waals surface area contributed by atoms with Crippen LogP contribution in [0.25, 0.3) is 0 Å². The first-order valence-electron chi connectivity index (χ1n) is 4.60. The molecule has 0 aliphatic rings. The van der Waals surface area contributed by atoms with E-state index in [0.717, 1.165) is 13.0 Å². The first-order valence-corrected chi connectivity index (χ1v) is 5.35. The van der Waals surface area contributed by atoms with Crippen LogP contribution in [0.3, 0.4) is 0 Å². The fraction of sp³-hybridized carbons (Fsp3) is 0.625. The third-order valence-electron chi connectivity index (χ3n) is 1.72. The van der Waals surface area contributed by atoms with Gasteiger partial charge >= 0.3 is 0 Å². The van der Waals surface area contributed by atoms with E-state index in [2.05, 4.69) is 15.0 Å². The van der Waals surface area contributed by atoms with Crippen LogP contribution in [0, 0.1) is 0 Å². The molecule has 0 atom stereocenters. The number of hydrogen-bond donors (Lipinski definition) is 1. The fourth-order valence-electron chi connectivity index (χ4n) is 1.16. The highest BCUT2D eigenvalue weighted by Crippen LogP contribution is 2.13. The van der Waals surface area contributed by atoms with Gasteiger partial charge in [-0.2, -0.15) is 15.0 Å². The summed E-state index contributed by atoms with van der Waals surface area (Å²) in [7, 11) is 0. The van der Waals surface area contributed by atoms with Crippen molar-refractivity contribution in [3.63, 3.8) is 0 Å². The van der Waals surface area contributed by atoms with Gasteiger partial charge in [0, 0.05) is 13.1 Å². The van der Waals surface area contributed by atoms with Crippen LogP contribution in [-0.4, -0.2) is 39.8 Å². The highest BCUT2D eigenvalue weighted by Gasteiger charge is 2.10. The molecule has 0 bridgehead atoms. The van der Waals surface area contributed by atoms with Gasteiger partial charge in [-0.1, -0.05) is 6.92 Å². The van der Waals surface area contributed by atoms with Crippen molar-refractivity contribution < 1.29 is 5.11 Å². The van der Waals surface area contributed by atoms with Gasteiger partial charge in [-0.15, -0.1) is 0 Å². The molecule has 5 nitrogen and oxygen atoms in total. The number of halogens is 2. The van der Waals surface area contributed by atoms with Crippen LogP contribution in [0.1, 0.15) is 13.3 Å². The highest BCUT2D eigenvalue weighted by atomic mass is 35.5. The van der Waals surface area contributed by atoms with Gasteiger partial charge < -0.3 is 10.0 Å². The SMILES string of the molecule is CCCN(CCO)c1nc(Cl)nc(Cl)n1. The Morgan fingerprint density at radius 1 is 1.13 bits per heavy atom. The second-order valence-corrected chi connectivity index (χ2v) is 3.56. The van der Waals surface area contributed by atoms with Crippen LogP contribution < -0.4 is 4.90 Å². The van der Waals surface area contributed by atoms with Crippen LogP contribution >= 0.6 is 23.2 Å². The van der Waals surface area contributed by atoms with E-state index in [1.54, 1.807) is 4.90 Å². The van der Waals surface area contributed by atoms with Crippen LogP contribution in [0.15, 0.2) is 0 Å². The van der Waals surface area contributed by atoms with Crippen molar-refractivity contribution in [1.29, 1.82) is 0 Å². The molecule has 1 N–H and O–H groups in total. The predicted octanol–water partition coefficient (Wildman–Crippen LogP) is 1.39. The van der Waals surface area contributed by atoms with E-state index in [9.17, 15) is 0 Å². The zero-order valence-corrected chi connectivity index (χ0v) is 9.83. The first-order chi connectivity index (χ1) is 7.17. The van der Waals surface area contributed by atoms with Crippen molar-refractivity contribution in [3.05, 3.63) is 10.6 Å². The maximum atomic E-state index is 8.88. The van der Waals surface area contributed by atoms with E-state index in [-0.39, 0.29) is 17.2 Å². The molecule has 0 saturated heterocycles. The van der Waals surface area contributed by atoms with Crippen molar-refractivity contribution in [2.75, 3.05) is 24.6 Å². The van der Waals surface area contributed by atoms with E-state index < -0.39 is 0 Å². The zero-order chi connectivity index (χ0) is 11.3. The molecule has 0 fully saturated rings. The van der Waals surface area contributed by atoms with Gasteiger partial charge in [0.15, 0.2) is 0 Å². The summed E-state index contributed by atoms with van der Waals surface area (Å²) in [5.74, 6) is 0.399. The van der Waals surface area contributed by atoms with Gasteiger partial charge in [0.2, 0.25) is 16.5 Å². The zero-order valence-electron chi connectivity index (χ0n) is 8.32. The standard InChI is InChI=1S/C8H12Cl2N4O/c1-2-3-14(4-5-15)8-12-6(9)11-7(10)13-8/h15H,2-5H2,1H3. The van der Waals surface area contributed by atoms with Crippen LogP contribution in [0.5, 0.6) is 0 Å². The average molecular weight is 251 g/mol. The molecule has 84 valence electrons. The number of nitrogens with zero attached hydrogens (tertiary/aromatic N) is 4. The topological polar surface area (TPSA) is 62.1 Å². The van der Waals surface area contributed by atoms with Crippen molar-refractivity contribution in [2.24, 2.45) is 0 Å². The molecule has 0 unspecified atom stereocenters. The summed E-state index contributed by atoms with van der Waals surface area (Å²) >= 11 is 11.3. The Kier molecular flexibility index (Phi) is 5.01. The molecule has 0 radical (unpaired) electrons. The average Bonchev–Trinajstić information content (AvgIpc) is 2.16. The Hall–Kier alpha value is -0.650. The van der Waals surface area contributed by atoms with Crippen molar-refractivity contribution >= 4 is 29.2 Å². The van der Waals surface area contributed by atoms with Gasteiger partial charge in [0.25, 0.3) is 0 Å². The van der Waals surface area contributed by atoms with Crippen molar-refractivity contribution in [3.8, 4) is 0 Å². The summed E-state index contributed by atoms with van der Waals surface area (Å²) in [4.78, 5) is 13.4. The quantitative estimate of drug-likeness (QED) is 0.856. The molecule has 1 heterocycles. The summed E-state index contributed by atoms with van der Waals surface area (Å²) in [6.45, 7) is 3.23. The minimum absolute atomic E-state index is 0.0287. The normalized spacial score (nSPS) is 10.4.